The van der Waals surface area contributed by atoms with Gasteiger partial charge in [0, 0.05) is 60.9 Å². The zero-order chi connectivity index (χ0) is 16.3. The summed E-state index contributed by atoms with van der Waals surface area (Å²) in [5.74, 6) is 0.180. The Morgan fingerprint density at radius 2 is 2.17 bits per heavy atom. The van der Waals surface area contributed by atoms with E-state index >= 15 is 0 Å². The summed E-state index contributed by atoms with van der Waals surface area (Å²) < 4.78 is 30.7. The summed E-state index contributed by atoms with van der Waals surface area (Å²) in [6, 6.07) is 4.58. The SMILES string of the molecule is CP(C)(=O)CCSc1ccc(N2C[C@H](C[NH-])OC2=O)cc1F.[Ac]. The minimum atomic E-state index is -2.09. The van der Waals surface area contributed by atoms with Crippen LogP contribution in [0.1, 0.15) is 0 Å². The second-order valence-corrected chi connectivity index (χ2v) is 10.3. The number of carbonyl (C=O) groups excluding carboxylic acids is 1. The molecule has 1 aromatic rings. The second kappa shape index (κ2) is 9.20. The van der Waals surface area contributed by atoms with Crippen molar-refractivity contribution in [3.05, 3.63) is 29.7 Å². The number of nitrogens with zero attached hydrogens (tertiary/aromatic N) is 1. The van der Waals surface area contributed by atoms with E-state index in [9.17, 15) is 13.8 Å². The standard InChI is InChI=1S/C14H19FN2O3PS.Ac/c1-21(2,19)5-6-22-13-4-3-10(7-12(13)15)17-9-11(8-16)20-14(17)18;/h3-4,7,11,16H,5-6,8-9H2,1-2H3;/q-1;/t11-;/m0./s1. The van der Waals surface area contributed by atoms with E-state index < -0.39 is 25.2 Å². The van der Waals surface area contributed by atoms with Gasteiger partial charge in [-0.2, -0.15) is 0 Å². The number of rotatable bonds is 6. The fourth-order valence-electron chi connectivity index (χ4n) is 1.99. The third-order valence-electron chi connectivity index (χ3n) is 3.22. The molecule has 0 aromatic heterocycles. The van der Waals surface area contributed by atoms with Gasteiger partial charge in [-0.05, 0) is 31.5 Å². The molecular weight excluding hydrogens is 553 g/mol. The average molecular weight is 572 g/mol. The van der Waals surface area contributed by atoms with E-state index in [1.807, 2.05) is 0 Å². The molecule has 9 heteroatoms. The predicted molar refractivity (Wildman–Crippen MR) is 88.2 cm³/mol. The molecule has 1 heterocycles. The van der Waals surface area contributed by atoms with Gasteiger partial charge in [0.2, 0.25) is 0 Å². The van der Waals surface area contributed by atoms with Crippen molar-refractivity contribution in [3.8, 4) is 0 Å². The Balaban J connectivity index is 0.00000264. The molecule has 1 aliphatic rings. The predicted octanol–water partition coefficient (Wildman–Crippen LogP) is 3.92. The molecule has 0 aliphatic carbocycles. The van der Waals surface area contributed by atoms with E-state index in [2.05, 4.69) is 0 Å². The number of ether oxygens (including phenoxy) is 1. The first-order valence-electron chi connectivity index (χ1n) is 6.89. The number of anilines is 1. The van der Waals surface area contributed by atoms with Crippen molar-refractivity contribution in [2.75, 3.05) is 43.2 Å². The van der Waals surface area contributed by atoms with Gasteiger partial charge in [0.1, 0.15) is 11.9 Å². The van der Waals surface area contributed by atoms with Crippen LogP contribution in [0.3, 0.4) is 0 Å². The molecule has 125 valence electrons. The van der Waals surface area contributed by atoms with Gasteiger partial charge in [0.15, 0.2) is 0 Å². The van der Waals surface area contributed by atoms with Gasteiger partial charge in [-0.25, -0.2) is 9.18 Å². The van der Waals surface area contributed by atoms with E-state index in [0.717, 1.165) is 0 Å². The van der Waals surface area contributed by atoms with E-state index in [0.29, 0.717) is 22.5 Å². The molecule has 5 nitrogen and oxygen atoms in total. The van der Waals surface area contributed by atoms with Gasteiger partial charge in [-0.15, -0.1) is 18.3 Å². The first-order valence-corrected chi connectivity index (χ1v) is 10.7. The number of hydrogen-bond acceptors (Lipinski definition) is 4. The van der Waals surface area contributed by atoms with Crippen LogP contribution >= 0.6 is 18.9 Å². The summed E-state index contributed by atoms with van der Waals surface area (Å²) >= 11 is 1.32. The third kappa shape index (κ3) is 6.32. The Bertz CT molecular complexity index is 614. The van der Waals surface area contributed by atoms with Crippen LogP contribution in [0, 0.1) is 49.9 Å². The molecule has 1 aliphatic heterocycles. The van der Waals surface area contributed by atoms with Crippen LogP contribution in [0.2, 0.25) is 0 Å². The van der Waals surface area contributed by atoms with Gasteiger partial charge in [0.25, 0.3) is 0 Å². The van der Waals surface area contributed by atoms with Gasteiger partial charge in [0.05, 0.1) is 19.4 Å². The maximum atomic E-state index is 14.1. The summed E-state index contributed by atoms with van der Waals surface area (Å²) in [5.41, 5.74) is 7.67. The molecule has 1 aromatic carbocycles. The van der Waals surface area contributed by atoms with Crippen molar-refractivity contribution in [3.63, 3.8) is 0 Å². The number of hydrogen-bond donors (Lipinski definition) is 0. The number of carbonyl (C=O) groups is 1. The monoisotopic (exact) mass is 572 g/mol. The molecule has 0 spiro atoms. The second-order valence-electron chi connectivity index (χ2n) is 5.58. The van der Waals surface area contributed by atoms with Gasteiger partial charge < -0.3 is 15.0 Å². The topological polar surface area (TPSA) is 70.4 Å². The van der Waals surface area contributed by atoms with Crippen LogP contribution in [0.15, 0.2) is 23.1 Å². The largest absolute Gasteiger partial charge is 0.674 e. The van der Waals surface area contributed by atoms with Crippen molar-refractivity contribution >= 4 is 30.7 Å². The molecule has 1 saturated heterocycles. The van der Waals surface area contributed by atoms with Crippen molar-refractivity contribution in [1.82, 2.24) is 0 Å². The molecule has 1 amide bonds. The Morgan fingerprint density at radius 1 is 1.48 bits per heavy atom. The van der Waals surface area contributed by atoms with Crippen LogP contribution in [-0.2, 0) is 9.30 Å². The molecule has 1 fully saturated rings. The van der Waals surface area contributed by atoms with Crippen molar-refractivity contribution < 1.29 is 62.5 Å². The summed E-state index contributed by atoms with van der Waals surface area (Å²) in [7, 11) is -2.09. The maximum absolute atomic E-state index is 14.1. The van der Waals surface area contributed by atoms with Crippen molar-refractivity contribution in [2.45, 2.75) is 11.0 Å². The zero-order valence-corrected chi connectivity index (χ0v) is 19.6. The van der Waals surface area contributed by atoms with Crippen molar-refractivity contribution in [2.24, 2.45) is 0 Å². The summed E-state index contributed by atoms with van der Waals surface area (Å²) in [6.45, 7) is 3.69. The van der Waals surface area contributed by atoms with Crippen LogP contribution in [0.5, 0.6) is 0 Å². The van der Waals surface area contributed by atoms with E-state index in [1.54, 1.807) is 25.5 Å². The molecule has 1 atom stereocenters. The normalized spacial score (nSPS) is 17.8. The third-order valence-corrected chi connectivity index (χ3v) is 5.87. The number of halogens is 1. The Labute approximate surface area is 175 Å². The molecule has 2 rings (SSSR count). The Kier molecular flexibility index (Phi) is 8.57. The molecule has 1 N–H and O–H groups in total. The molecule has 0 saturated carbocycles. The van der Waals surface area contributed by atoms with Gasteiger partial charge in [-0.3, -0.25) is 4.90 Å². The fourth-order valence-corrected chi connectivity index (χ4v) is 4.69. The minimum Gasteiger partial charge on any atom is -0.674 e. The quantitative estimate of drug-likeness (QED) is 0.383. The van der Waals surface area contributed by atoms with Crippen LogP contribution in [0.25, 0.3) is 5.73 Å². The van der Waals surface area contributed by atoms with E-state index in [4.69, 9.17) is 10.5 Å². The smallest absolute Gasteiger partial charge is 0.414 e. The molecule has 23 heavy (non-hydrogen) atoms. The summed E-state index contributed by atoms with van der Waals surface area (Å²) in [6.07, 6.45) is -0.453. The number of benzene rings is 1. The first kappa shape index (κ1) is 21.4. The minimum absolute atomic E-state index is 0. The van der Waals surface area contributed by atoms with E-state index in [1.165, 1.54) is 22.7 Å². The average Bonchev–Trinajstić information content (AvgIpc) is 2.80. The Hall–Kier alpha value is 0.402. The molecule has 1 radical (unpaired) electrons. The number of nitrogens with one attached hydrogen (secondary N) is 1. The van der Waals surface area contributed by atoms with Crippen LogP contribution < -0.4 is 4.90 Å². The van der Waals surface area contributed by atoms with Crippen molar-refractivity contribution in [1.29, 1.82) is 0 Å². The number of amides is 1. The maximum Gasteiger partial charge on any atom is 0.414 e. The summed E-state index contributed by atoms with van der Waals surface area (Å²) in [5, 5.41) is 0. The number of thioether (sulfide) groups is 1. The molecule has 0 unspecified atom stereocenters. The Morgan fingerprint density at radius 3 is 2.70 bits per heavy atom. The zero-order valence-electron chi connectivity index (χ0n) is 13.1. The van der Waals surface area contributed by atoms with Gasteiger partial charge >= 0.3 is 6.09 Å². The molecule has 0 bridgehead atoms. The molecular formula is C14H19AcFN2O3PS-. The van der Waals surface area contributed by atoms with Crippen LogP contribution in [0.4, 0.5) is 14.9 Å². The fraction of sp³-hybridized carbons (Fsp3) is 0.500. The van der Waals surface area contributed by atoms with Crippen LogP contribution in [-0.4, -0.2) is 50.5 Å². The first-order chi connectivity index (χ1) is 10.3. The van der Waals surface area contributed by atoms with Gasteiger partial charge in [-0.1, -0.05) is 0 Å². The number of cyclic esters (lactones) is 1. The van der Waals surface area contributed by atoms with E-state index in [-0.39, 0.29) is 57.2 Å². The summed E-state index contributed by atoms with van der Waals surface area (Å²) in [4.78, 5) is 13.5.